The smallest absolute Gasteiger partial charge is 0.244 e. The quantitative estimate of drug-likeness (QED) is 0.330. The minimum Gasteiger partial charge on any atom is -0.352 e. The van der Waals surface area contributed by atoms with Gasteiger partial charge in [0.05, 0.1) is 11.9 Å². The number of benzene rings is 3. The lowest BCUT2D eigenvalue weighted by molar-refractivity contribution is -0.140. The van der Waals surface area contributed by atoms with E-state index >= 15 is 0 Å². The first-order chi connectivity index (χ1) is 18.3. The third kappa shape index (κ3) is 8.66. The van der Waals surface area contributed by atoms with E-state index in [1.54, 1.807) is 6.07 Å². The van der Waals surface area contributed by atoms with Gasteiger partial charge in [0.25, 0.3) is 0 Å². The molecule has 0 heterocycles. The van der Waals surface area contributed by atoms with Gasteiger partial charge in [0.15, 0.2) is 0 Å². The maximum Gasteiger partial charge on any atom is 0.244 e. The molecule has 3 rings (SSSR count). The average molecular weight is 615 g/mol. The van der Waals surface area contributed by atoms with Crippen LogP contribution in [0.3, 0.4) is 0 Å². The van der Waals surface area contributed by atoms with Crippen molar-refractivity contribution in [2.75, 3.05) is 17.1 Å². The Morgan fingerprint density at radius 1 is 0.923 bits per heavy atom. The number of carbonyl (C=O) groups is 2. The highest BCUT2D eigenvalue weighted by molar-refractivity contribution is 9.10. The lowest BCUT2D eigenvalue weighted by Gasteiger charge is -2.34. The molecule has 2 amide bonds. The van der Waals surface area contributed by atoms with E-state index in [9.17, 15) is 18.0 Å². The molecule has 0 saturated heterocycles. The van der Waals surface area contributed by atoms with Gasteiger partial charge in [-0.3, -0.25) is 13.9 Å². The van der Waals surface area contributed by atoms with Crippen molar-refractivity contribution >= 4 is 43.5 Å². The van der Waals surface area contributed by atoms with Gasteiger partial charge in [-0.2, -0.15) is 0 Å². The fourth-order valence-corrected chi connectivity index (χ4v) is 5.70. The van der Waals surface area contributed by atoms with Gasteiger partial charge in [0.2, 0.25) is 21.8 Å². The third-order valence-electron chi connectivity index (χ3n) is 6.26. The molecule has 3 aromatic carbocycles. The molecule has 0 aliphatic heterocycles. The molecule has 0 spiro atoms. The Morgan fingerprint density at radius 2 is 1.59 bits per heavy atom. The van der Waals surface area contributed by atoms with Crippen LogP contribution < -0.4 is 9.62 Å². The van der Waals surface area contributed by atoms with Gasteiger partial charge in [-0.15, -0.1) is 0 Å². The van der Waals surface area contributed by atoms with Gasteiger partial charge in [-0.25, -0.2) is 8.42 Å². The molecule has 1 N–H and O–H groups in total. The molecule has 0 aromatic heterocycles. The van der Waals surface area contributed by atoms with E-state index < -0.39 is 28.5 Å². The normalized spacial score (nSPS) is 12.2. The van der Waals surface area contributed by atoms with Gasteiger partial charge >= 0.3 is 0 Å². The molecule has 0 aliphatic rings. The van der Waals surface area contributed by atoms with Gasteiger partial charge in [-0.1, -0.05) is 70.5 Å². The number of rotatable bonds is 11. The van der Waals surface area contributed by atoms with Crippen LogP contribution in [-0.4, -0.2) is 50.0 Å². The first kappa shape index (κ1) is 30.4. The van der Waals surface area contributed by atoms with Crippen molar-refractivity contribution < 1.29 is 18.0 Å². The van der Waals surface area contributed by atoms with Crippen molar-refractivity contribution in [2.45, 2.75) is 52.7 Å². The Hall–Kier alpha value is -3.17. The fraction of sp³-hybridized carbons (Fsp3) is 0.333. The third-order valence-corrected chi connectivity index (χ3v) is 7.88. The molecule has 7 nitrogen and oxygen atoms in total. The summed E-state index contributed by atoms with van der Waals surface area (Å²) in [7, 11) is -3.81. The summed E-state index contributed by atoms with van der Waals surface area (Å²) in [6.45, 7) is 7.11. The number of sulfonamides is 1. The van der Waals surface area contributed by atoms with Gasteiger partial charge in [0, 0.05) is 23.5 Å². The van der Waals surface area contributed by atoms with E-state index in [-0.39, 0.29) is 24.9 Å². The van der Waals surface area contributed by atoms with Crippen molar-refractivity contribution in [3.05, 3.63) is 99.5 Å². The van der Waals surface area contributed by atoms with Crippen molar-refractivity contribution in [1.82, 2.24) is 10.2 Å². The number of anilines is 1. The van der Waals surface area contributed by atoms with Crippen LogP contribution >= 0.6 is 15.9 Å². The number of aryl methyl sites for hydroxylation is 2. The zero-order valence-electron chi connectivity index (χ0n) is 23.0. The number of nitrogens with zero attached hydrogens (tertiary/aromatic N) is 2. The Morgan fingerprint density at radius 3 is 2.21 bits per heavy atom. The van der Waals surface area contributed by atoms with Gasteiger partial charge in [-0.05, 0) is 68.1 Å². The molecular weight excluding hydrogens is 578 g/mol. The molecule has 9 heteroatoms. The number of nitrogens with one attached hydrogen (secondary N) is 1. The second-order valence-electron chi connectivity index (χ2n) is 10.1. The zero-order valence-corrected chi connectivity index (χ0v) is 25.4. The first-order valence-electron chi connectivity index (χ1n) is 12.8. The minimum atomic E-state index is -3.81. The summed E-state index contributed by atoms with van der Waals surface area (Å²) in [6, 6.07) is 21.5. The Kier molecular flexibility index (Phi) is 10.3. The van der Waals surface area contributed by atoms with E-state index in [4.69, 9.17) is 0 Å². The summed E-state index contributed by atoms with van der Waals surface area (Å²) in [6.07, 6.45) is 1.37. The predicted octanol–water partition coefficient (Wildman–Crippen LogP) is 5.00. The van der Waals surface area contributed by atoms with E-state index in [2.05, 4.69) is 21.2 Å². The summed E-state index contributed by atoms with van der Waals surface area (Å²) in [5, 5.41) is 2.95. The predicted molar refractivity (Wildman–Crippen MR) is 160 cm³/mol. The zero-order chi connectivity index (χ0) is 28.7. The summed E-state index contributed by atoms with van der Waals surface area (Å²) >= 11 is 3.48. The Bertz CT molecular complexity index is 1410. The largest absolute Gasteiger partial charge is 0.352 e. The molecule has 0 aliphatic carbocycles. The number of carbonyl (C=O) groups excluding carboxylic acids is 2. The Labute approximate surface area is 240 Å². The molecule has 1 atom stereocenters. The summed E-state index contributed by atoms with van der Waals surface area (Å²) in [5.74, 6) is -0.768. The molecule has 0 saturated carbocycles. The highest BCUT2D eigenvalue weighted by atomic mass is 79.9. The highest BCUT2D eigenvalue weighted by Crippen LogP contribution is 2.25. The van der Waals surface area contributed by atoms with Gasteiger partial charge < -0.3 is 10.2 Å². The lowest BCUT2D eigenvalue weighted by atomic mass is 10.0. The van der Waals surface area contributed by atoms with Crippen molar-refractivity contribution in [2.24, 2.45) is 0 Å². The minimum absolute atomic E-state index is 0.131. The maximum absolute atomic E-state index is 14.1. The molecule has 0 fully saturated rings. The lowest BCUT2D eigenvalue weighted by Crippen LogP contribution is -2.54. The summed E-state index contributed by atoms with van der Waals surface area (Å²) in [5.41, 5.74) is 3.75. The van der Waals surface area contributed by atoms with Crippen LogP contribution in [0.4, 0.5) is 5.69 Å². The second-order valence-corrected chi connectivity index (χ2v) is 12.9. The monoisotopic (exact) mass is 613 g/mol. The van der Waals surface area contributed by atoms with Crippen molar-refractivity contribution in [3.63, 3.8) is 0 Å². The standard InChI is InChI=1S/C30H36BrN3O4S/c1-21(2)32-30(36)28(18-24-10-7-6-8-11-24)33(19-25-12-9-13-26(31)17-25)29(35)20-34(39(5,37)38)27-16-22(3)14-15-23(27)4/h6-17,21,28H,18-20H2,1-5H3,(H,32,36)/t28-/m0/s1. The number of halogens is 1. The van der Waals surface area contributed by atoms with E-state index in [0.717, 1.165) is 37.3 Å². The van der Waals surface area contributed by atoms with Crippen LogP contribution in [0.2, 0.25) is 0 Å². The first-order valence-corrected chi connectivity index (χ1v) is 15.4. The molecule has 0 radical (unpaired) electrons. The fourth-order valence-electron chi connectivity index (χ4n) is 4.35. The molecule has 39 heavy (non-hydrogen) atoms. The SMILES string of the molecule is Cc1ccc(C)c(N(CC(=O)N(Cc2cccc(Br)c2)[C@@H](Cc2ccccc2)C(=O)NC(C)C)S(C)(=O)=O)c1. The van der Waals surface area contributed by atoms with E-state index in [1.807, 2.05) is 94.4 Å². The van der Waals surface area contributed by atoms with Crippen LogP contribution in [0.25, 0.3) is 0 Å². The number of hydrogen-bond acceptors (Lipinski definition) is 4. The number of amides is 2. The van der Waals surface area contributed by atoms with Crippen molar-refractivity contribution in [3.8, 4) is 0 Å². The van der Waals surface area contributed by atoms with Crippen LogP contribution in [0.5, 0.6) is 0 Å². The highest BCUT2D eigenvalue weighted by Gasteiger charge is 2.33. The van der Waals surface area contributed by atoms with Gasteiger partial charge in [0.1, 0.15) is 12.6 Å². The molecule has 0 bridgehead atoms. The van der Waals surface area contributed by atoms with E-state index in [1.165, 1.54) is 4.90 Å². The molecule has 0 unspecified atom stereocenters. The summed E-state index contributed by atoms with van der Waals surface area (Å²) < 4.78 is 27.9. The Balaban J connectivity index is 2.08. The maximum atomic E-state index is 14.1. The molecule has 3 aromatic rings. The van der Waals surface area contributed by atoms with E-state index in [0.29, 0.717) is 5.69 Å². The summed E-state index contributed by atoms with van der Waals surface area (Å²) in [4.78, 5) is 29.2. The number of hydrogen-bond donors (Lipinski definition) is 1. The average Bonchev–Trinajstić information content (AvgIpc) is 2.85. The second kappa shape index (κ2) is 13.3. The van der Waals surface area contributed by atoms with Crippen LogP contribution in [0.15, 0.2) is 77.3 Å². The van der Waals surface area contributed by atoms with Crippen LogP contribution in [-0.2, 0) is 32.6 Å². The van der Waals surface area contributed by atoms with Crippen molar-refractivity contribution in [1.29, 1.82) is 0 Å². The van der Waals surface area contributed by atoms with Crippen LogP contribution in [0.1, 0.15) is 36.1 Å². The van der Waals surface area contributed by atoms with Crippen LogP contribution in [0, 0.1) is 13.8 Å². The molecular formula is C30H36BrN3O4S. The molecule has 208 valence electrons. The topological polar surface area (TPSA) is 86.8 Å².